The van der Waals surface area contributed by atoms with E-state index in [9.17, 15) is 35.4 Å². The molecule has 256 valence electrons. The average Bonchev–Trinajstić information content (AvgIpc) is 2.95. The number of rotatable bonds is 3. The van der Waals surface area contributed by atoms with E-state index < -0.39 is 54.8 Å². The smallest absolute Gasteiger partial charge is 0.317 e. The Labute approximate surface area is 268 Å². The Bertz CT molecular complexity index is 1210. The minimum absolute atomic E-state index is 0.0497. The molecule has 14 atom stereocenters. The van der Waals surface area contributed by atoms with Crippen LogP contribution in [-0.4, -0.2) is 86.1 Å². The number of carbonyl (C=O) groups is 1. The van der Waals surface area contributed by atoms with E-state index in [2.05, 4.69) is 54.5 Å². The third-order valence-corrected chi connectivity index (χ3v) is 15.1. The fourth-order valence-corrected chi connectivity index (χ4v) is 12.1. The normalized spacial score (nSPS) is 53.6. The quantitative estimate of drug-likeness (QED) is 0.202. The molecule has 4 saturated carbocycles. The molecule has 0 spiro atoms. The highest BCUT2D eigenvalue weighted by Crippen LogP contribution is 2.75. The van der Waals surface area contributed by atoms with Gasteiger partial charge < -0.3 is 40.1 Å². The number of fused-ring (bicyclic) bond motifs is 7. The SMILES string of the molecule is CC1(C)CC[C@]2(C(=O)O[C@H]3OC(CO)[C@H](O)C(O)[C@H]3O)C(O)C[C@]3(C)C(=CC[C@@H]4[C@@]5(C)CC[C@H](O)C(C)(C)C5CC[C@]43C)[C@@H]2C1. The number of hydrogen-bond donors (Lipinski definition) is 6. The Balaban J connectivity index is 1.38. The summed E-state index contributed by atoms with van der Waals surface area (Å²) in [6.07, 6.45) is 0.341. The second-order valence-electron chi connectivity index (χ2n) is 18.0. The van der Waals surface area contributed by atoms with Gasteiger partial charge in [0.2, 0.25) is 6.29 Å². The van der Waals surface area contributed by atoms with Crippen molar-refractivity contribution < 1.29 is 44.9 Å². The summed E-state index contributed by atoms with van der Waals surface area (Å²) in [6, 6.07) is 0. The van der Waals surface area contributed by atoms with Crippen LogP contribution in [0, 0.1) is 50.2 Å². The first-order valence-corrected chi connectivity index (χ1v) is 17.4. The zero-order valence-electron chi connectivity index (χ0n) is 28.3. The molecule has 0 aromatic heterocycles. The van der Waals surface area contributed by atoms with Gasteiger partial charge in [0, 0.05) is 0 Å². The largest absolute Gasteiger partial charge is 0.432 e. The fourth-order valence-electron chi connectivity index (χ4n) is 12.1. The highest BCUT2D eigenvalue weighted by Gasteiger charge is 2.71. The first-order chi connectivity index (χ1) is 20.8. The number of esters is 1. The molecule has 5 aliphatic carbocycles. The monoisotopic (exact) mass is 634 g/mol. The molecule has 45 heavy (non-hydrogen) atoms. The molecule has 0 aromatic rings. The topological polar surface area (TPSA) is 157 Å². The van der Waals surface area contributed by atoms with Gasteiger partial charge in [0.1, 0.15) is 29.8 Å². The van der Waals surface area contributed by atoms with Crippen LogP contribution in [0.5, 0.6) is 0 Å². The molecule has 1 aliphatic heterocycles. The molecule has 0 aromatic carbocycles. The van der Waals surface area contributed by atoms with E-state index >= 15 is 0 Å². The second-order valence-corrected chi connectivity index (χ2v) is 18.0. The molecule has 6 rings (SSSR count). The molecule has 0 radical (unpaired) electrons. The second kappa shape index (κ2) is 10.7. The number of allylic oxidation sites excluding steroid dienone is 2. The molecule has 1 saturated heterocycles. The van der Waals surface area contributed by atoms with Gasteiger partial charge in [0.15, 0.2) is 0 Å². The Morgan fingerprint density at radius 3 is 2.20 bits per heavy atom. The summed E-state index contributed by atoms with van der Waals surface area (Å²) in [7, 11) is 0. The molecule has 6 aliphatic rings. The van der Waals surface area contributed by atoms with E-state index in [0.29, 0.717) is 37.5 Å². The summed E-state index contributed by atoms with van der Waals surface area (Å²) >= 11 is 0. The first-order valence-electron chi connectivity index (χ1n) is 17.4. The zero-order valence-corrected chi connectivity index (χ0v) is 28.3. The summed E-state index contributed by atoms with van der Waals surface area (Å²) in [5, 5.41) is 64.3. The van der Waals surface area contributed by atoms with Gasteiger partial charge in [-0.1, -0.05) is 60.1 Å². The van der Waals surface area contributed by atoms with Crippen LogP contribution < -0.4 is 0 Å². The van der Waals surface area contributed by atoms with Gasteiger partial charge in [-0.05, 0) is 103 Å². The summed E-state index contributed by atoms with van der Waals surface area (Å²) in [5.74, 6) is -0.157. The Hall–Kier alpha value is -1.07. The summed E-state index contributed by atoms with van der Waals surface area (Å²) in [6.45, 7) is 15.5. The van der Waals surface area contributed by atoms with E-state index in [-0.39, 0.29) is 39.1 Å². The molecule has 9 nitrogen and oxygen atoms in total. The van der Waals surface area contributed by atoms with Crippen molar-refractivity contribution in [2.45, 2.75) is 149 Å². The molecular weight excluding hydrogens is 576 g/mol. The summed E-state index contributed by atoms with van der Waals surface area (Å²) < 4.78 is 11.4. The van der Waals surface area contributed by atoms with Gasteiger partial charge in [-0.15, -0.1) is 0 Å². The Morgan fingerprint density at radius 2 is 1.53 bits per heavy atom. The van der Waals surface area contributed by atoms with E-state index in [0.717, 1.165) is 32.1 Å². The third-order valence-electron chi connectivity index (χ3n) is 15.1. The molecule has 0 bridgehead atoms. The van der Waals surface area contributed by atoms with Crippen molar-refractivity contribution in [2.75, 3.05) is 6.61 Å². The van der Waals surface area contributed by atoms with Crippen molar-refractivity contribution in [3.8, 4) is 0 Å². The number of carbonyl (C=O) groups excluding carboxylic acids is 1. The highest BCUT2D eigenvalue weighted by molar-refractivity contribution is 5.80. The van der Waals surface area contributed by atoms with Crippen LogP contribution in [0.25, 0.3) is 0 Å². The molecule has 1 heterocycles. The maximum atomic E-state index is 14.4. The van der Waals surface area contributed by atoms with Gasteiger partial charge in [-0.25, -0.2) is 0 Å². The van der Waals surface area contributed by atoms with Crippen LogP contribution in [0.3, 0.4) is 0 Å². The van der Waals surface area contributed by atoms with Crippen LogP contribution in [0.15, 0.2) is 11.6 Å². The van der Waals surface area contributed by atoms with Crippen molar-refractivity contribution in [3.05, 3.63) is 11.6 Å². The lowest BCUT2D eigenvalue weighted by molar-refractivity contribution is -0.299. The Kier molecular flexibility index (Phi) is 8.05. The third kappa shape index (κ3) is 4.54. The van der Waals surface area contributed by atoms with E-state index in [4.69, 9.17) is 9.47 Å². The summed E-state index contributed by atoms with van der Waals surface area (Å²) in [4.78, 5) is 14.4. The number of aliphatic hydroxyl groups is 6. The molecule has 0 amide bonds. The number of ether oxygens (including phenoxy) is 2. The maximum Gasteiger partial charge on any atom is 0.317 e. The van der Waals surface area contributed by atoms with Crippen molar-refractivity contribution in [1.29, 1.82) is 0 Å². The van der Waals surface area contributed by atoms with E-state index in [1.54, 1.807) is 0 Å². The predicted octanol–water partition coefficient (Wildman–Crippen LogP) is 3.46. The molecule has 5 fully saturated rings. The van der Waals surface area contributed by atoms with E-state index in [1.807, 2.05) is 0 Å². The van der Waals surface area contributed by atoms with Crippen molar-refractivity contribution in [1.82, 2.24) is 0 Å². The fraction of sp³-hybridized carbons (Fsp3) is 0.917. The lowest BCUT2D eigenvalue weighted by atomic mass is 9.33. The number of hydrogen-bond acceptors (Lipinski definition) is 9. The lowest BCUT2D eigenvalue weighted by Gasteiger charge is -2.71. The van der Waals surface area contributed by atoms with Crippen molar-refractivity contribution >= 4 is 5.97 Å². The minimum atomic E-state index is -1.70. The molecule has 4 unspecified atom stereocenters. The van der Waals surface area contributed by atoms with E-state index in [1.165, 1.54) is 5.57 Å². The minimum Gasteiger partial charge on any atom is -0.432 e. The average molecular weight is 635 g/mol. The highest BCUT2D eigenvalue weighted by atomic mass is 16.7. The zero-order chi connectivity index (χ0) is 33.1. The van der Waals surface area contributed by atoms with Crippen molar-refractivity contribution in [2.24, 2.45) is 50.2 Å². The van der Waals surface area contributed by atoms with Crippen LogP contribution in [0.1, 0.15) is 106 Å². The van der Waals surface area contributed by atoms with Crippen molar-refractivity contribution in [3.63, 3.8) is 0 Å². The molecular formula is C36H58O9. The molecule has 9 heteroatoms. The predicted molar refractivity (Wildman–Crippen MR) is 166 cm³/mol. The van der Waals surface area contributed by atoms with Crippen LogP contribution in [0.2, 0.25) is 0 Å². The molecule has 6 N–H and O–H groups in total. The van der Waals surface area contributed by atoms with Crippen LogP contribution in [-0.2, 0) is 14.3 Å². The first kappa shape index (κ1) is 33.8. The lowest BCUT2D eigenvalue weighted by Crippen LogP contribution is -2.68. The van der Waals surface area contributed by atoms with Gasteiger partial charge in [0.05, 0.1) is 18.8 Å². The number of aliphatic hydroxyl groups excluding tert-OH is 6. The van der Waals surface area contributed by atoms with Crippen LogP contribution in [0.4, 0.5) is 0 Å². The van der Waals surface area contributed by atoms with Gasteiger partial charge >= 0.3 is 5.97 Å². The van der Waals surface area contributed by atoms with Gasteiger partial charge in [0.25, 0.3) is 0 Å². The maximum absolute atomic E-state index is 14.4. The standard InChI is InChI=1S/C36H58O9/c1-31(2)14-15-36(30(43)45-29-28(42)27(41)26(40)21(18-37)44-29)20(16-31)19-8-9-23-33(5)12-11-24(38)32(3,4)22(33)10-13-34(23,6)35(19,7)17-25(36)39/h8,20-29,37-42H,9-18H2,1-7H3/t20-,21?,22?,23+,24-,25?,26-,27?,28+,29+,33-,34+,35+,36+/m0/s1. The van der Waals surface area contributed by atoms with Gasteiger partial charge in [-0.3, -0.25) is 4.79 Å². The van der Waals surface area contributed by atoms with Gasteiger partial charge in [-0.2, -0.15) is 0 Å². The summed E-state index contributed by atoms with van der Waals surface area (Å²) in [5.41, 5.74) is -0.661. The Morgan fingerprint density at radius 1 is 0.844 bits per heavy atom. The van der Waals surface area contributed by atoms with Crippen LogP contribution >= 0.6 is 0 Å².